The summed E-state index contributed by atoms with van der Waals surface area (Å²) in [6, 6.07) is 7.80. The summed E-state index contributed by atoms with van der Waals surface area (Å²) in [5.41, 5.74) is 1.44. The number of nitrogens with zero attached hydrogens (tertiary/aromatic N) is 1. The molecule has 5 fully saturated rings. The summed E-state index contributed by atoms with van der Waals surface area (Å²) >= 11 is 6.10. The van der Waals surface area contributed by atoms with Crippen molar-refractivity contribution in [2.24, 2.45) is 23.7 Å². The molecule has 4 saturated heterocycles. The fourth-order valence-electron chi connectivity index (χ4n) is 7.15. The molecule has 1 aliphatic carbocycles. The first-order valence-electron chi connectivity index (χ1n) is 15.3. The Morgan fingerprint density at radius 3 is 2.64 bits per heavy atom. The average Bonchev–Trinajstić information content (AvgIpc) is 3.22. The fraction of sp³-hybridized carbons (Fsp3) is 0.645. The fourth-order valence-corrected chi connectivity index (χ4v) is 7.31. The normalized spacial score (nSPS) is 33.9. The Labute approximate surface area is 261 Å². The molecule has 242 valence electrons. The van der Waals surface area contributed by atoms with E-state index in [1.54, 1.807) is 0 Å². The predicted octanol–water partition coefficient (Wildman–Crippen LogP) is 4.66. The highest BCUT2D eigenvalue weighted by molar-refractivity contribution is 6.31. The molecule has 7 rings (SSSR count). The molecule has 1 aromatic carbocycles. The van der Waals surface area contributed by atoms with E-state index in [4.69, 9.17) is 55.4 Å². The van der Waals surface area contributed by atoms with Gasteiger partial charge in [0.05, 0.1) is 12.1 Å². The van der Waals surface area contributed by atoms with Crippen LogP contribution in [0, 0.1) is 23.7 Å². The van der Waals surface area contributed by atoms with E-state index in [-0.39, 0.29) is 18.1 Å². The zero-order valence-corrected chi connectivity index (χ0v) is 26.0. The summed E-state index contributed by atoms with van der Waals surface area (Å²) in [6.45, 7) is 9.63. The van der Waals surface area contributed by atoms with Crippen molar-refractivity contribution in [2.45, 2.75) is 76.8 Å². The van der Waals surface area contributed by atoms with Gasteiger partial charge in [-0.25, -0.2) is 19.4 Å². The Hall–Kier alpha value is -2.58. The third-order valence-corrected chi connectivity index (χ3v) is 9.63. The van der Waals surface area contributed by atoms with Crippen LogP contribution in [0.3, 0.4) is 0 Å². The highest BCUT2D eigenvalue weighted by atomic mass is 35.5. The van der Waals surface area contributed by atoms with Crippen LogP contribution in [0.5, 0.6) is 0 Å². The lowest BCUT2D eigenvalue weighted by molar-refractivity contribution is -0.577. The third-order valence-electron chi connectivity index (χ3n) is 9.39. The number of benzene rings is 1. The largest absolute Gasteiger partial charge is 0.473 e. The van der Waals surface area contributed by atoms with Gasteiger partial charge in [0.2, 0.25) is 5.79 Å². The number of carboxylic acids is 2. The molecule has 1 spiro atoms. The molecule has 44 heavy (non-hydrogen) atoms. The van der Waals surface area contributed by atoms with E-state index in [1.807, 2.05) is 37.4 Å². The van der Waals surface area contributed by atoms with E-state index in [0.29, 0.717) is 23.5 Å². The number of aromatic nitrogens is 1. The molecule has 1 aromatic heterocycles. The van der Waals surface area contributed by atoms with Gasteiger partial charge in [-0.05, 0) is 75.3 Å². The zero-order valence-electron chi connectivity index (χ0n) is 25.3. The van der Waals surface area contributed by atoms with E-state index >= 15 is 0 Å². The summed E-state index contributed by atoms with van der Waals surface area (Å²) in [4.78, 5) is 34.7. The topological polar surface area (TPSA) is 158 Å². The van der Waals surface area contributed by atoms with Crippen LogP contribution >= 0.6 is 11.6 Å². The maximum Gasteiger partial charge on any atom is 0.414 e. The Morgan fingerprint density at radius 2 is 1.86 bits per heavy atom. The lowest BCUT2D eigenvalue weighted by atomic mass is 9.58. The van der Waals surface area contributed by atoms with Gasteiger partial charge in [-0.1, -0.05) is 25.4 Å². The van der Waals surface area contributed by atoms with Crippen molar-refractivity contribution in [1.29, 1.82) is 0 Å². The zero-order chi connectivity index (χ0) is 31.5. The number of hydrogen-bond acceptors (Lipinski definition) is 10. The van der Waals surface area contributed by atoms with E-state index < -0.39 is 29.6 Å². The summed E-state index contributed by atoms with van der Waals surface area (Å²) in [5, 5.41) is 23.6. The van der Waals surface area contributed by atoms with Gasteiger partial charge >= 0.3 is 11.9 Å². The van der Waals surface area contributed by atoms with Gasteiger partial charge in [0.25, 0.3) is 0 Å². The molecule has 0 unspecified atom stereocenters. The maximum absolute atomic E-state index is 9.10. The van der Waals surface area contributed by atoms with Gasteiger partial charge in [0.15, 0.2) is 18.2 Å². The minimum atomic E-state index is -1.82. The molecule has 5 aliphatic rings. The van der Waals surface area contributed by atoms with Crippen LogP contribution < -0.4 is 10.6 Å². The molecular weight excluding hydrogens is 594 g/mol. The number of carbonyl (C=O) groups is 2. The number of ether oxygens (including phenoxy) is 3. The molecule has 4 N–H and O–H groups in total. The Kier molecular flexibility index (Phi) is 10.3. The summed E-state index contributed by atoms with van der Waals surface area (Å²) in [5.74, 6) is -2.99. The van der Waals surface area contributed by atoms with Crippen LogP contribution in [0.15, 0.2) is 30.5 Å². The van der Waals surface area contributed by atoms with Gasteiger partial charge in [-0.3, -0.25) is 4.98 Å². The summed E-state index contributed by atoms with van der Waals surface area (Å²) in [6.07, 6.45) is 6.16. The van der Waals surface area contributed by atoms with E-state index in [9.17, 15) is 0 Å². The molecule has 5 heterocycles. The number of aliphatic carboxylic acids is 2. The molecule has 13 heteroatoms. The highest BCUT2D eigenvalue weighted by Gasteiger charge is 2.69. The number of rotatable bonds is 9. The second-order valence-electron chi connectivity index (χ2n) is 12.3. The van der Waals surface area contributed by atoms with Gasteiger partial charge < -0.3 is 35.1 Å². The minimum absolute atomic E-state index is 0.199. The van der Waals surface area contributed by atoms with Crippen LogP contribution in [0.2, 0.25) is 5.02 Å². The number of fused-ring (bicyclic) bond motifs is 3. The Morgan fingerprint density at radius 1 is 1.07 bits per heavy atom. The first-order valence-corrected chi connectivity index (χ1v) is 15.7. The standard InChI is InChI=1S/C29H40ClN3O5.C2H2O4/c1-18-5-8-23-19(2)26(35-27-29(23)22(18)9-11-28(3,36-27)37-38-29)34-16-15-31-12-4-13-32-24-10-14-33-25-17-20(30)6-7-21(24)25;3-1(4)2(5)6/h6-7,10,14,17-19,22-23,26-27,31H,4-5,8-9,11-13,15-16H2,1-3H3,(H,32,33);(H,3,4)(H,5,6)/t18-,19-,22+,23+,26+,27-,28-,29-;/m1./s1. The number of pyridine rings is 1. The van der Waals surface area contributed by atoms with Crippen molar-refractivity contribution in [2.75, 3.05) is 31.6 Å². The molecule has 0 radical (unpaired) electrons. The van der Waals surface area contributed by atoms with Crippen molar-refractivity contribution in [3.05, 3.63) is 35.5 Å². The molecule has 1 saturated carbocycles. The van der Waals surface area contributed by atoms with Crippen molar-refractivity contribution >= 4 is 40.1 Å². The van der Waals surface area contributed by atoms with Gasteiger partial charge in [0.1, 0.15) is 0 Å². The van der Waals surface area contributed by atoms with Crippen LogP contribution in [0.25, 0.3) is 10.9 Å². The highest BCUT2D eigenvalue weighted by Crippen LogP contribution is 2.60. The van der Waals surface area contributed by atoms with Crippen molar-refractivity contribution in [1.82, 2.24) is 10.3 Å². The third kappa shape index (κ3) is 6.81. The van der Waals surface area contributed by atoms with E-state index in [2.05, 4.69) is 29.5 Å². The number of hydrogen-bond donors (Lipinski definition) is 4. The molecule has 12 nitrogen and oxygen atoms in total. The number of anilines is 1. The van der Waals surface area contributed by atoms with Crippen molar-refractivity contribution < 1.29 is 43.8 Å². The monoisotopic (exact) mass is 635 g/mol. The molecule has 2 aromatic rings. The smallest absolute Gasteiger partial charge is 0.414 e. The Bertz CT molecular complexity index is 1320. The van der Waals surface area contributed by atoms with Crippen LogP contribution in [-0.4, -0.2) is 77.3 Å². The lowest BCUT2D eigenvalue weighted by Crippen LogP contribution is -2.70. The molecule has 8 atom stereocenters. The summed E-state index contributed by atoms with van der Waals surface area (Å²) in [7, 11) is 0. The molecule has 2 bridgehead atoms. The minimum Gasteiger partial charge on any atom is -0.473 e. The number of nitrogens with one attached hydrogen (secondary N) is 2. The average molecular weight is 636 g/mol. The van der Waals surface area contributed by atoms with E-state index in [1.165, 1.54) is 6.42 Å². The molecule has 4 aliphatic heterocycles. The quantitative estimate of drug-likeness (QED) is 0.172. The van der Waals surface area contributed by atoms with Crippen LogP contribution in [0.1, 0.15) is 52.9 Å². The first kappa shape index (κ1) is 32.8. The SMILES string of the molecule is C[C@H]1[C@@H](OCCNCCCNc2ccnc3cc(Cl)ccc23)O[C@@H]2O[C@@]3(C)CC[C@H]4[C@H](C)CC[C@@H]1[C@@]24OO3.O=C(O)C(=O)O. The van der Waals surface area contributed by atoms with Gasteiger partial charge in [0, 0.05) is 53.6 Å². The number of halogens is 1. The molecule has 0 amide bonds. The van der Waals surface area contributed by atoms with Gasteiger partial charge in [-0.2, -0.15) is 0 Å². The lowest BCUT2D eigenvalue weighted by Gasteiger charge is -2.60. The number of carboxylic acid groups (broad SMARTS) is 2. The maximum atomic E-state index is 9.10. The van der Waals surface area contributed by atoms with Gasteiger partial charge in [-0.15, -0.1) is 0 Å². The summed E-state index contributed by atoms with van der Waals surface area (Å²) < 4.78 is 19.2. The van der Waals surface area contributed by atoms with Crippen molar-refractivity contribution in [3.8, 4) is 0 Å². The second-order valence-corrected chi connectivity index (χ2v) is 12.7. The van der Waals surface area contributed by atoms with E-state index in [0.717, 1.165) is 61.9 Å². The molecular formula is C31H42ClN3O9. The van der Waals surface area contributed by atoms with Crippen LogP contribution in [0.4, 0.5) is 5.69 Å². The van der Waals surface area contributed by atoms with Crippen molar-refractivity contribution in [3.63, 3.8) is 0 Å². The Balaban J connectivity index is 0.000000584. The van der Waals surface area contributed by atoms with Crippen LogP contribution in [-0.2, 0) is 33.6 Å². The second kappa shape index (κ2) is 13.8. The predicted molar refractivity (Wildman–Crippen MR) is 161 cm³/mol. The first-order chi connectivity index (χ1) is 21.0.